The molecule has 0 unspecified atom stereocenters. The van der Waals surface area contributed by atoms with Crippen molar-refractivity contribution in [1.82, 2.24) is 15.7 Å². The summed E-state index contributed by atoms with van der Waals surface area (Å²) >= 11 is 0. The SMILES string of the molecule is NCCCC[C@H](NC(=O)c1cc(C23CC4CC(CC(C4)C2)C3)c2ccccc2n1)C(=O)NN. The predicted molar refractivity (Wildman–Crippen MR) is 128 cm³/mol. The van der Waals surface area contributed by atoms with Gasteiger partial charge in [-0.2, -0.15) is 0 Å². The first-order valence-corrected chi connectivity index (χ1v) is 12.4. The van der Waals surface area contributed by atoms with E-state index in [1.165, 1.54) is 44.1 Å². The Bertz CT molecular complexity index is 1020. The van der Waals surface area contributed by atoms with Gasteiger partial charge < -0.3 is 11.1 Å². The molecular weight excluding hydrogens is 414 g/mol. The van der Waals surface area contributed by atoms with Crippen molar-refractivity contribution in [3.8, 4) is 0 Å². The maximum Gasteiger partial charge on any atom is 0.270 e. The van der Waals surface area contributed by atoms with Gasteiger partial charge in [0.1, 0.15) is 11.7 Å². The second-order valence-corrected chi connectivity index (χ2v) is 10.6. The quantitative estimate of drug-likeness (QED) is 0.214. The summed E-state index contributed by atoms with van der Waals surface area (Å²) in [5.41, 5.74) is 10.4. The maximum atomic E-state index is 13.3. The number of benzene rings is 1. The van der Waals surface area contributed by atoms with Crippen LogP contribution in [0.3, 0.4) is 0 Å². The molecule has 0 saturated heterocycles. The first-order chi connectivity index (χ1) is 16.0. The number of para-hydroxylation sites is 1. The fourth-order valence-electron chi connectivity index (χ4n) is 7.27. The Kier molecular flexibility index (Phi) is 6.10. The number of fused-ring (bicyclic) bond motifs is 1. The molecule has 4 aliphatic rings. The molecule has 4 aliphatic carbocycles. The number of amides is 2. The number of carbonyl (C=O) groups excluding carboxylic acids is 2. The van der Waals surface area contributed by atoms with Gasteiger partial charge in [-0.15, -0.1) is 0 Å². The molecule has 1 aromatic carbocycles. The number of hydrogen-bond donors (Lipinski definition) is 4. The first kappa shape index (κ1) is 22.3. The van der Waals surface area contributed by atoms with Crippen LogP contribution in [-0.2, 0) is 10.2 Å². The fraction of sp³-hybridized carbons (Fsp3) is 0.577. The average Bonchev–Trinajstić information content (AvgIpc) is 2.81. The molecule has 6 N–H and O–H groups in total. The lowest BCUT2D eigenvalue weighted by Crippen LogP contribution is -2.49. The summed E-state index contributed by atoms with van der Waals surface area (Å²) in [6.45, 7) is 0.547. The van der Waals surface area contributed by atoms with Gasteiger partial charge in [0.2, 0.25) is 0 Å². The fourth-order valence-corrected chi connectivity index (χ4v) is 7.27. The van der Waals surface area contributed by atoms with Gasteiger partial charge in [0.05, 0.1) is 5.52 Å². The normalized spacial score (nSPS) is 28.6. The van der Waals surface area contributed by atoms with Gasteiger partial charge >= 0.3 is 0 Å². The third kappa shape index (κ3) is 4.24. The van der Waals surface area contributed by atoms with E-state index in [1.54, 1.807) is 0 Å². The smallest absolute Gasteiger partial charge is 0.270 e. The number of nitrogens with zero attached hydrogens (tertiary/aromatic N) is 1. The molecule has 4 bridgehead atoms. The number of rotatable bonds is 8. The average molecular weight is 450 g/mol. The Labute approximate surface area is 195 Å². The standard InChI is InChI=1S/C26H35N5O2/c27-8-4-3-7-22(25(33)31-28)30-24(32)23-12-20(19-5-1-2-6-21(19)29-23)26-13-16-9-17(14-26)11-18(10-16)15-26/h1-2,5-6,12,16-18,22H,3-4,7-11,13-15,27-28H2,(H,30,32)(H,31,33)/t16?,17?,18?,22-,26?/m0/s1. The van der Waals surface area contributed by atoms with Crippen LogP contribution >= 0.6 is 0 Å². The molecule has 7 heteroatoms. The van der Waals surface area contributed by atoms with Crippen molar-refractivity contribution in [3.63, 3.8) is 0 Å². The summed E-state index contributed by atoms with van der Waals surface area (Å²) < 4.78 is 0. The molecule has 1 aromatic heterocycles. The van der Waals surface area contributed by atoms with E-state index in [2.05, 4.69) is 22.9 Å². The molecule has 1 heterocycles. The van der Waals surface area contributed by atoms with Crippen LogP contribution in [0.4, 0.5) is 0 Å². The highest BCUT2D eigenvalue weighted by Gasteiger charge is 2.52. The molecule has 33 heavy (non-hydrogen) atoms. The Morgan fingerprint density at radius 2 is 1.73 bits per heavy atom. The molecule has 0 aliphatic heterocycles. The van der Waals surface area contributed by atoms with Crippen molar-refractivity contribution in [3.05, 3.63) is 41.6 Å². The summed E-state index contributed by atoms with van der Waals surface area (Å²) in [6, 6.07) is 9.48. The largest absolute Gasteiger partial charge is 0.339 e. The lowest BCUT2D eigenvalue weighted by Gasteiger charge is -2.57. The zero-order valence-electron chi connectivity index (χ0n) is 19.2. The van der Waals surface area contributed by atoms with Crippen molar-refractivity contribution in [2.24, 2.45) is 29.3 Å². The van der Waals surface area contributed by atoms with Crippen molar-refractivity contribution in [2.45, 2.75) is 69.2 Å². The highest BCUT2D eigenvalue weighted by atomic mass is 16.2. The van der Waals surface area contributed by atoms with Gasteiger partial charge in [-0.3, -0.25) is 15.0 Å². The zero-order valence-corrected chi connectivity index (χ0v) is 19.2. The highest BCUT2D eigenvalue weighted by Crippen LogP contribution is 2.61. The Morgan fingerprint density at radius 3 is 2.36 bits per heavy atom. The zero-order chi connectivity index (χ0) is 23.0. The molecule has 176 valence electrons. The third-order valence-corrected chi connectivity index (χ3v) is 8.27. The van der Waals surface area contributed by atoms with E-state index < -0.39 is 11.9 Å². The summed E-state index contributed by atoms with van der Waals surface area (Å²) in [4.78, 5) is 30.3. The minimum Gasteiger partial charge on any atom is -0.339 e. The van der Waals surface area contributed by atoms with Crippen LogP contribution in [-0.4, -0.2) is 29.4 Å². The van der Waals surface area contributed by atoms with E-state index in [1.807, 2.05) is 18.2 Å². The van der Waals surface area contributed by atoms with E-state index in [4.69, 9.17) is 16.6 Å². The molecular formula is C26H35N5O2. The van der Waals surface area contributed by atoms with Crippen molar-refractivity contribution in [2.75, 3.05) is 6.54 Å². The van der Waals surface area contributed by atoms with Crippen LogP contribution in [0, 0.1) is 17.8 Å². The van der Waals surface area contributed by atoms with Gasteiger partial charge in [0.25, 0.3) is 11.8 Å². The van der Waals surface area contributed by atoms with Crippen LogP contribution in [0.2, 0.25) is 0 Å². The number of nitrogens with two attached hydrogens (primary N) is 2. The number of aromatic nitrogens is 1. The summed E-state index contributed by atoms with van der Waals surface area (Å²) in [5, 5.41) is 4.04. The lowest BCUT2D eigenvalue weighted by molar-refractivity contribution is -0.123. The van der Waals surface area contributed by atoms with E-state index in [9.17, 15) is 9.59 Å². The summed E-state index contributed by atoms with van der Waals surface area (Å²) in [7, 11) is 0. The van der Waals surface area contributed by atoms with E-state index in [0.717, 1.165) is 41.5 Å². The van der Waals surface area contributed by atoms with Crippen LogP contribution < -0.4 is 22.3 Å². The van der Waals surface area contributed by atoms with Crippen LogP contribution in [0.15, 0.2) is 30.3 Å². The van der Waals surface area contributed by atoms with E-state index in [0.29, 0.717) is 18.7 Å². The molecule has 1 atom stereocenters. The van der Waals surface area contributed by atoms with Gasteiger partial charge in [-0.1, -0.05) is 18.2 Å². The maximum absolute atomic E-state index is 13.3. The van der Waals surface area contributed by atoms with Gasteiger partial charge in [0.15, 0.2) is 0 Å². The topological polar surface area (TPSA) is 123 Å². The summed E-state index contributed by atoms with van der Waals surface area (Å²) in [5.74, 6) is 7.06. The molecule has 0 radical (unpaired) electrons. The van der Waals surface area contributed by atoms with Crippen LogP contribution in [0.25, 0.3) is 10.9 Å². The Hall–Kier alpha value is -2.51. The number of pyridine rings is 1. The number of unbranched alkanes of at least 4 members (excludes halogenated alkanes) is 1. The van der Waals surface area contributed by atoms with E-state index in [-0.39, 0.29) is 11.3 Å². The molecule has 0 spiro atoms. The van der Waals surface area contributed by atoms with Gasteiger partial charge in [-0.05, 0) is 105 Å². The molecule has 2 aromatic rings. The molecule has 4 fully saturated rings. The van der Waals surface area contributed by atoms with Crippen molar-refractivity contribution in [1.29, 1.82) is 0 Å². The van der Waals surface area contributed by atoms with E-state index >= 15 is 0 Å². The second-order valence-electron chi connectivity index (χ2n) is 10.6. The Morgan fingerprint density at radius 1 is 1.06 bits per heavy atom. The molecule has 7 nitrogen and oxygen atoms in total. The molecule has 4 saturated carbocycles. The third-order valence-electron chi connectivity index (χ3n) is 8.27. The first-order valence-electron chi connectivity index (χ1n) is 12.4. The number of hydrogen-bond acceptors (Lipinski definition) is 5. The van der Waals surface area contributed by atoms with Crippen LogP contribution in [0.1, 0.15) is 73.8 Å². The number of hydrazine groups is 1. The highest BCUT2D eigenvalue weighted by molar-refractivity contribution is 5.98. The second kappa shape index (κ2) is 9.03. The van der Waals surface area contributed by atoms with Crippen molar-refractivity contribution < 1.29 is 9.59 Å². The van der Waals surface area contributed by atoms with Gasteiger partial charge in [0, 0.05) is 5.39 Å². The summed E-state index contributed by atoms with van der Waals surface area (Å²) in [6.07, 6.45) is 9.76. The Balaban J connectivity index is 1.48. The monoisotopic (exact) mass is 449 g/mol. The molecule has 6 rings (SSSR count). The van der Waals surface area contributed by atoms with Crippen LogP contribution in [0.5, 0.6) is 0 Å². The number of nitrogens with one attached hydrogen (secondary N) is 2. The predicted octanol–water partition coefficient (Wildman–Crippen LogP) is 2.92. The van der Waals surface area contributed by atoms with Crippen molar-refractivity contribution >= 4 is 22.7 Å². The minimum atomic E-state index is -0.703. The molecule has 2 amide bonds. The van der Waals surface area contributed by atoms with Gasteiger partial charge in [-0.25, -0.2) is 10.8 Å². The number of carbonyl (C=O) groups is 2. The minimum absolute atomic E-state index is 0.140. The lowest BCUT2D eigenvalue weighted by atomic mass is 9.48.